The summed E-state index contributed by atoms with van der Waals surface area (Å²) in [4.78, 5) is 11.1. The Balaban J connectivity index is 3.53. The van der Waals surface area contributed by atoms with Crippen molar-refractivity contribution < 1.29 is 14.3 Å². The van der Waals surface area contributed by atoms with Crippen LogP contribution in [0.2, 0.25) is 0 Å². The van der Waals surface area contributed by atoms with Gasteiger partial charge in [-0.15, -0.1) is 0 Å². The number of ether oxygens (including phenoxy) is 2. The van der Waals surface area contributed by atoms with Gasteiger partial charge in [0.05, 0.1) is 0 Å². The third kappa shape index (κ3) is 9.34. The van der Waals surface area contributed by atoms with Gasteiger partial charge in [0.15, 0.2) is 0 Å². The highest BCUT2D eigenvalue weighted by atomic mass is 16.6. The summed E-state index contributed by atoms with van der Waals surface area (Å²) in [6.07, 6.45) is 0. The molecule has 0 aromatic carbocycles. The van der Waals surface area contributed by atoms with Crippen LogP contribution < -0.4 is 0 Å². The molecule has 0 saturated heterocycles. The Labute approximate surface area is 80.4 Å². The zero-order valence-electron chi connectivity index (χ0n) is 9.22. The monoisotopic (exact) mass is 188 g/mol. The van der Waals surface area contributed by atoms with Crippen LogP contribution in [-0.4, -0.2) is 24.8 Å². The first-order chi connectivity index (χ1) is 5.81. The van der Waals surface area contributed by atoms with Crippen LogP contribution >= 0.6 is 0 Å². The van der Waals surface area contributed by atoms with E-state index in [-0.39, 0.29) is 12.6 Å². The van der Waals surface area contributed by atoms with E-state index in [1.807, 2.05) is 34.6 Å². The number of hydrogen-bond donors (Lipinski definition) is 0. The maximum Gasteiger partial charge on any atom is 0.332 e. The molecule has 3 heteroatoms. The summed E-state index contributed by atoms with van der Waals surface area (Å²) in [6.45, 7) is 10.2. The lowest BCUT2D eigenvalue weighted by atomic mass is 10.2. The van der Waals surface area contributed by atoms with Gasteiger partial charge in [0, 0.05) is 6.61 Å². The molecule has 0 fully saturated rings. The van der Waals surface area contributed by atoms with Crippen LogP contribution in [0, 0.1) is 5.92 Å². The lowest BCUT2D eigenvalue weighted by molar-refractivity contribution is -0.160. The average Bonchev–Trinajstić information content (AvgIpc) is 1.81. The molecular formula is C10H20O3. The molecule has 0 atom stereocenters. The molecule has 0 aliphatic heterocycles. The highest BCUT2D eigenvalue weighted by molar-refractivity contribution is 5.71. The van der Waals surface area contributed by atoms with E-state index in [1.54, 1.807) is 0 Å². The van der Waals surface area contributed by atoms with Gasteiger partial charge in [-0.05, 0) is 26.7 Å². The topological polar surface area (TPSA) is 35.5 Å². The van der Waals surface area contributed by atoms with Crippen molar-refractivity contribution in [1.82, 2.24) is 0 Å². The third-order valence-electron chi connectivity index (χ3n) is 1.09. The molecule has 0 aliphatic rings. The normalized spacial score (nSPS) is 11.8. The zero-order valence-corrected chi connectivity index (χ0v) is 9.22. The minimum absolute atomic E-state index is 0.0510. The van der Waals surface area contributed by atoms with Crippen LogP contribution in [0.25, 0.3) is 0 Å². The van der Waals surface area contributed by atoms with Crippen molar-refractivity contribution in [2.24, 2.45) is 5.92 Å². The minimum atomic E-state index is -0.418. The van der Waals surface area contributed by atoms with E-state index in [2.05, 4.69) is 0 Å². The molecule has 13 heavy (non-hydrogen) atoms. The number of rotatable bonds is 4. The highest BCUT2D eigenvalue weighted by Crippen LogP contribution is 2.06. The molecule has 0 saturated carbocycles. The standard InChI is InChI=1S/C10H20O3/c1-8(2)6-12-7-9(11)13-10(3,4)5/h8H,6-7H2,1-5H3. The highest BCUT2D eigenvalue weighted by Gasteiger charge is 2.15. The van der Waals surface area contributed by atoms with Crippen LogP contribution in [0.3, 0.4) is 0 Å². The smallest absolute Gasteiger partial charge is 0.332 e. The number of carbonyl (C=O) groups is 1. The molecule has 0 amide bonds. The van der Waals surface area contributed by atoms with Gasteiger partial charge in [-0.1, -0.05) is 13.8 Å². The molecule has 0 spiro atoms. The predicted octanol–water partition coefficient (Wildman–Crippen LogP) is 2.00. The Kier molecular flexibility index (Phi) is 4.99. The summed E-state index contributed by atoms with van der Waals surface area (Å²) < 4.78 is 10.2. The summed E-state index contributed by atoms with van der Waals surface area (Å²) in [5, 5.41) is 0. The van der Waals surface area contributed by atoms with Crippen molar-refractivity contribution in [3.63, 3.8) is 0 Å². The quantitative estimate of drug-likeness (QED) is 0.633. The second-order valence-corrected chi connectivity index (χ2v) is 4.50. The molecule has 0 N–H and O–H groups in total. The Morgan fingerprint density at radius 2 is 1.85 bits per heavy atom. The summed E-state index contributed by atoms with van der Waals surface area (Å²) in [6, 6.07) is 0. The molecule has 0 rings (SSSR count). The van der Waals surface area contributed by atoms with E-state index in [1.165, 1.54) is 0 Å². The summed E-state index contributed by atoms with van der Waals surface area (Å²) in [5.41, 5.74) is -0.418. The summed E-state index contributed by atoms with van der Waals surface area (Å²) >= 11 is 0. The molecule has 0 heterocycles. The Morgan fingerprint density at radius 3 is 2.23 bits per heavy atom. The molecule has 0 aromatic heterocycles. The molecule has 0 unspecified atom stereocenters. The third-order valence-corrected chi connectivity index (χ3v) is 1.09. The first kappa shape index (κ1) is 12.4. The Morgan fingerprint density at radius 1 is 1.31 bits per heavy atom. The average molecular weight is 188 g/mol. The van der Waals surface area contributed by atoms with E-state index >= 15 is 0 Å². The number of carbonyl (C=O) groups excluding carboxylic acids is 1. The lowest BCUT2D eigenvalue weighted by Gasteiger charge is -2.19. The number of esters is 1. The first-order valence-corrected chi connectivity index (χ1v) is 4.61. The van der Waals surface area contributed by atoms with Crippen LogP contribution in [0.4, 0.5) is 0 Å². The van der Waals surface area contributed by atoms with Gasteiger partial charge in [-0.25, -0.2) is 4.79 Å². The van der Waals surface area contributed by atoms with Crippen molar-refractivity contribution in [2.45, 2.75) is 40.2 Å². The first-order valence-electron chi connectivity index (χ1n) is 4.61. The van der Waals surface area contributed by atoms with Gasteiger partial charge in [-0.2, -0.15) is 0 Å². The molecule has 3 nitrogen and oxygen atoms in total. The van der Waals surface area contributed by atoms with E-state index in [4.69, 9.17) is 9.47 Å². The van der Waals surface area contributed by atoms with Gasteiger partial charge < -0.3 is 9.47 Å². The molecule has 0 radical (unpaired) electrons. The number of hydrogen-bond acceptors (Lipinski definition) is 3. The SMILES string of the molecule is CC(C)COCC(=O)OC(C)(C)C. The zero-order chi connectivity index (χ0) is 10.5. The maximum atomic E-state index is 11.1. The minimum Gasteiger partial charge on any atom is -0.458 e. The summed E-state index contributed by atoms with van der Waals surface area (Å²) in [7, 11) is 0. The molecule has 78 valence electrons. The second kappa shape index (κ2) is 5.22. The van der Waals surface area contributed by atoms with Crippen molar-refractivity contribution in [1.29, 1.82) is 0 Å². The Hall–Kier alpha value is -0.570. The van der Waals surface area contributed by atoms with Gasteiger partial charge in [0.25, 0.3) is 0 Å². The van der Waals surface area contributed by atoms with Crippen LogP contribution in [0.5, 0.6) is 0 Å². The van der Waals surface area contributed by atoms with E-state index in [9.17, 15) is 4.79 Å². The van der Waals surface area contributed by atoms with E-state index in [0.717, 1.165) is 0 Å². The fraction of sp³-hybridized carbons (Fsp3) is 0.900. The largest absolute Gasteiger partial charge is 0.458 e. The van der Waals surface area contributed by atoms with Crippen LogP contribution in [0.1, 0.15) is 34.6 Å². The van der Waals surface area contributed by atoms with E-state index < -0.39 is 5.60 Å². The lowest BCUT2D eigenvalue weighted by Crippen LogP contribution is -2.26. The van der Waals surface area contributed by atoms with Crippen LogP contribution in [0.15, 0.2) is 0 Å². The van der Waals surface area contributed by atoms with Gasteiger partial charge in [0.1, 0.15) is 12.2 Å². The van der Waals surface area contributed by atoms with Crippen LogP contribution in [-0.2, 0) is 14.3 Å². The maximum absolute atomic E-state index is 11.1. The van der Waals surface area contributed by atoms with Crippen molar-refractivity contribution in [3.05, 3.63) is 0 Å². The van der Waals surface area contributed by atoms with Crippen molar-refractivity contribution in [3.8, 4) is 0 Å². The Bertz CT molecular complexity index is 156. The van der Waals surface area contributed by atoms with Gasteiger partial charge in [-0.3, -0.25) is 0 Å². The molecule has 0 aromatic rings. The molecule has 0 bridgehead atoms. The molecular weight excluding hydrogens is 168 g/mol. The summed E-state index contributed by atoms with van der Waals surface area (Å²) in [5.74, 6) is 0.149. The molecule has 0 aliphatic carbocycles. The van der Waals surface area contributed by atoms with Gasteiger partial charge >= 0.3 is 5.97 Å². The van der Waals surface area contributed by atoms with Crippen molar-refractivity contribution >= 4 is 5.97 Å². The van der Waals surface area contributed by atoms with Crippen molar-refractivity contribution in [2.75, 3.05) is 13.2 Å². The van der Waals surface area contributed by atoms with Gasteiger partial charge in [0.2, 0.25) is 0 Å². The second-order valence-electron chi connectivity index (χ2n) is 4.50. The van der Waals surface area contributed by atoms with E-state index in [0.29, 0.717) is 12.5 Å². The fourth-order valence-corrected chi connectivity index (χ4v) is 0.749. The predicted molar refractivity (Wildman–Crippen MR) is 51.5 cm³/mol. The fourth-order valence-electron chi connectivity index (χ4n) is 0.749.